The largest absolute Gasteiger partial charge is 0.458 e. The number of unbranched alkanes of at least 4 members (excludes halogenated alkanes) is 1. The van der Waals surface area contributed by atoms with Gasteiger partial charge in [0.05, 0.1) is 0 Å². The average molecular weight is 461 g/mol. The van der Waals surface area contributed by atoms with Crippen molar-refractivity contribution in [1.29, 1.82) is 0 Å². The Morgan fingerprint density at radius 1 is 0.781 bits per heavy atom. The van der Waals surface area contributed by atoms with Gasteiger partial charge < -0.3 is 29.5 Å². The number of hydrogen-bond donors (Lipinski definition) is 2. The predicted molar refractivity (Wildman–Crippen MR) is 122 cm³/mol. The van der Waals surface area contributed by atoms with Gasteiger partial charge in [-0.1, -0.05) is 0 Å². The van der Waals surface area contributed by atoms with Crippen molar-refractivity contribution in [2.45, 2.75) is 111 Å². The van der Waals surface area contributed by atoms with E-state index in [1.165, 1.54) is 0 Å². The molecule has 0 rings (SSSR count). The molecule has 0 aromatic rings. The monoisotopic (exact) mass is 460 g/mol. The standard InChI is InChI=1S/C23H44N2O7/c1-21(2,3)30-18(27)17(24-19(28)31-22(4,5)6)13-12-15-25(14-10-11-16-26)20(29)32-23(7,8)9/h17,26H,10-16H2,1-9H3,(H,24,28)/t17-/m0/s1. The van der Waals surface area contributed by atoms with Crippen molar-refractivity contribution in [3.05, 3.63) is 0 Å². The molecular formula is C23H44N2O7. The van der Waals surface area contributed by atoms with Gasteiger partial charge in [-0.15, -0.1) is 0 Å². The second-order valence-corrected chi connectivity index (χ2v) is 10.8. The van der Waals surface area contributed by atoms with Crippen molar-refractivity contribution in [3.63, 3.8) is 0 Å². The topological polar surface area (TPSA) is 114 Å². The lowest BCUT2D eigenvalue weighted by atomic mass is 10.1. The first kappa shape index (κ1) is 30.0. The lowest BCUT2D eigenvalue weighted by Crippen LogP contribution is -2.46. The van der Waals surface area contributed by atoms with E-state index in [9.17, 15) is 14.4 Å². The Balaban J connectivity index is 5.18. The lowest BCUT2D eigenvalue weighted by molar-refractivity contribution is -0.157. The summed E-state index contributed by atoms with van der Waals surface area (Å²) in [6.45, 7) is 16.6. The first-order valence-electron chi connectivity index (χ1n) is 11.2. The Hall–Kier alpha value is -2.03. The van der Waals surface area contributed by atoms with Crippen LogP contribution in [0.15, 0.2) is 0 Å². The maximum absolute atomic E-state index is 12.6. The van der Waals surface area contributed by atoms with Crippen LogP contribution in [0.1, 0.15) is 88.0 Å². The zero-order chi connectivity index (χ0) is 25.2. The molecule has 0 radical (unpaired) electrons. The highest BCUT2D eigenvalue weighted by atomic mass is 16.6. The van der Waals surface area contributed by atoms with Crippen molar-refractivity contribution in [1.82, 2.24) is 10.2 Å². The van der Waals surface area contributed by atoms with Crippen LogP contribution < -0.4 is 5.32 Å². The van der Waals surface area contributed by atoms with Crippen molar-refractivity contribution < 1.29 is 33.7 Å². The van der Waals surface area contributed by atoms with Gasteiger partial charge in [0.2, 0.25) is 0 Å². The zero-order valence-corrected chi connectivity index (χ0v) is 21.4. The number of amides is 2. The summed E-state index contributed by atoms with van der Waals surface area (Å²) >= 11 is 0. The number of esters is 1. The van der Waals surface area contributed by atoms with Gasteiger partial charge in [0, 0.05) is 19.7 Å². The first-order chi connectivity index (χ1) is 14.4. The number of rotatable bonds is 10. The minimum Gasteiger partial charge on any atom is -0.458 e. The summed E-state index contributed by atoms with van der Waals surface area (Å²) in [4.78, 5) is 39.0. The highest BCUT2D eigenvalue weighted by Gasteiger charge is 2.29. The summed E-state index contributed by atoms with van der Waals surface area (Å²) in [5.41, 5.74) is -2.05. The fourth-order valence-electron chi connectivity index (χ4n) is 2.59. The number of alkyl carbamates (subject to hydrolysis) is 1. The quantitative estimate of drug-likeness (QED) is 0.287. The van der Waals surface area contributed by atoms with Gasteiger partial charge in [0.25, 0.3) is 0 Å². The van der Waals surface area contributed by atoms with Gasteiger partial charge in [0.15, 0.2) is 0 Å². The second-order valence-electron chi connectivity index (χ2n) is 10.8. The number of nitrogens with zero attached hydrogens (tertiary/aromatic N) is 1. The van der Waals surface area contributed by atoms with E-state index >= 15 is 0 Å². The molecule has 2 amide bonds. The Bertz CT molecular complexity index is 601. The van der Waals surface area contributed by atoms with Gasteiger partial charge in [-0.2, -0.15) is 0 Å². The van der Waals surface area contributed by atoms with Crippen LogP contribution in [0.5, 0.6) is 0 Å². The molecule has 32 heavy (non-hydrogen) atoms. The smallest absolute Gasteiger partial charge is 0.410 e. The summed E-state index contributed by atoms with van der Waals surface area (Å²) in [7, 11) is 0. The Morgan fingerprint density at radius 2 is 1.28 bits per heavy atom. The van der Waals surface area contributed by atoms with Gasteiger partial charge in [-0.05, 0) is 88.0 Å². The number of ether oxygens (including phenoxy) is 3. The van der Waals surface area contributed by atoms with Crippen LogP contribution in [0.25, 0.3) is 0 Å². The molecule has 9 nitrogen and oxygen atoms in total. The predicted octanol–water partition coefficient (Wildman–Crippen LogP) is 4.01. The van der Waals surface area contributed by atoms with Gasteiger partial charge in [0.1, 0.15) is 22.8 Å². The number of hydrogen-bond acceptors (Lipinski definition) is 7. The van der Waals surface area contributed by atoms with Crippen molar-refractivity contribution >= 4 is 18.2 Å². The number of aliphatic hydroxyl groups excluding tert-OH is 1. The van der Waals surface area contributed by atoms with Gasteiger partial charge >= 0.3 is 18.2 Å². The van der Waals surface area contributed by atoms with Crippen molar-refractivity contribution in [2.75, 3.05) is 19.7 Å². The van der Waals surface area contributed by atoms with Crippen LogP contribution in [0.4, 0.5) is 9.59 Å². The molecule has 9 heteroatoms. The first-order valence-corrected chi connectivity index (χ1v) is 11.2. The molecule has 0 fully saturated rings. The fourth-order valence-corrected chi connectivity index (χ4v) is 2.59. The minimum absolute atomic E-state index is 0.0443. The second kappa shape index (κ2) is 12.9. The molecule has 0 aliphatic heterocycles. The molecule has 188 valence electrons. The Kier molecular flexibility index (Phi) is 12.1. The molecule has 0 saturated carbocycles. The lowest BCUT2D eigenvalue weighted by Gasteiger charge is -2.29. The SMILES string of the molecule is CC(C)(C)OC(=O)N[C@@H](CCCN(CCCCO)C(=O)OC(C)(C)C)C(=O)OC(C)(C)C. The van der Waals surface area contributed by atoms with E-state index in [2.05, 4.69) is 5.32 Å². The number of nitrogens with one attached hydrogen (secondary N) is 1. The van der Waals surface area contributed by atoms with E-state index < -0.39 is 41.0 Å². The highest BCUT2D eigenvalue weighted by molar-refractivity contribution is 5.81. The molecule has 0 heterocycles. The molecule has 2 N–H and O–H groups in total. The third-order valence-electron chi connectivity index (χ3n) is 3.79. The number of carbonyl (C=O) groups is 3. The van der Waals surface area contributed by atoms with Crippen LogP contribution >= 0.6 is 0 Å². The third kappa shape index (κ3) is 15.7. The maximum Gasteiger partial charge on any atom is 0.410 e. The molecule has 0 spiro atoms. The molecule has 0 unspecified atom stereocenters. The van der Waals surface area contributed by atoms with Crippen molar-refractivity contribution in [2.24, 2.45) is 0 Å². The van der Waals surface area contributed by atoms with Crippen LogP contribution in [-0.4, -0.2) is 70.7 Å². The molecule has 0 aromatic carbocycles. The maximum atomic E-state index is 12.6. The number of carbonyl (C=O) groups excluding carboxylic acids is 3. The summed E-state index contributed by atoms with van der Waals surface area (Å²) in [5, 5.41) is 11.6. The Morgan fingerprint density at radius 3 is 1.75 bits per heavy atom. The van der Waals surface area contributed by atoms with Crippen molar-refractivity contribution in [3.8, 4) is 0 Å². The van der Waals surface area contributed by atoms with Crippen LogP contribution in [0, 0.1) is 0 Å². The highest BCUT2D eigenvalue weighted by Crippen LogP contribution is 2.15. The van der Waals surface area contributed by atoms with E-state index in [0.29, 0.717) is 32.4 Å². The van der Waals surface area contributed by atoms with Crippen LogP contribution in [0.3, 0.4) is 0 Å². The summed E-state index contributed by atoms with van der Waals surface area (Å²) in [6, 6.07) is -0.915. The third-order valence-corrected chi connectivity index (χ3v) is 3.79. The molecule has 0 aliphatic carbocycles. The van der Waals surface area contributed by atoms with Crippen LogP contribution in [-0.2, 0) is 19.0 Å². The molecule has 0 bridgehead atoms. The normalized spacial score (nSPS) is 13.2. The summed E-state index contributed by atoms with van der Waals surface area (Å²) in [6.07, 6.45) is 0.720. The molecule has 0 saturated heterocycles. The molecular weight excluding hydrogens is 416 g/mol. The van der Waals surface area contributed by atoms with Gasteiger partial charge in [-0.25, -0.2) is 14.4 Å². The summed E-state index contributed by atoms with van der Waals surface area (Å²) < 4.78 is 16.2. The van der Waals surface area contributed by atoms with E-state index in [1.807, 2.05) is 0 Å². The van der Waals surface area contributed by atoms with Crippen LogP contribution in [0.2, 0.25) is 0 Å². The zero-order valence-electron chi connectivity index (χ0n) is 21.4. The Labute approximate surface area is 193 Å². The molecule has 0 aliphatic rings. The van der Waals surface area contributed by atoms with E-state index in [1.54, 1.807) is 67.2 Å². The fraction of sp³-hybridized carbons (Fsp3) is 0.870. The molecule has 0 aromatic heterocycles. The number of aliphatic hydroxyl groups is 1. The van der Waals surface area contributed by atoms with E-state index in [-0.39, 0.29) is 13.0 Å². The minimum atomic E-state index is -0.915. The molecule has 1 atom stereocenters. The summed E-state index contributed by atoms with van der Waals surface area (Å²) in [5.74, 6) is -0.563. The average Bonchev–Trinajstić information content (AvgIpc) is 2.54. The van der Waals surface area contributed by atoms with E-state index in [4.69, 9.17) is 19.3 Å². The van der Waals surface area contributed by atoms with E-state index in [0.717, 1.165) is 0 Å². The van der Waals surface area contributed by atoms with Gasteiger partial charge in [-0.3, -0.25) is 0 Å².